The van der Waals surface area contributed by atoms with Gasteiger partial charge in [0.15, 0.2) is 0 Å². The van der Waals surface area contributed by atoms with Gasteiger partial charge >= 0.3 is 10.7 Å². The Morgan fingerprint density at radius 2 is 1.68 bits per heavy atom. The van der Waals surface area contributed by atoms with Crippen LogP contribution in [0.3, 0.4) is 0 Å². The smallest absolute Gasteiger partial charge is 0.333 e. The number of amides is 3. The minimum Gasteiger partial charge on any atom is -0.372 e. The Morgan fingerprint density at radius 1 is 1.00 bits per heavy atom. The number of carbonyl (C=O) groups is 3. The van der Waals surface area contributed by atoms with Crippen molar-refractivity contribution in [3.63, 3.8) is 0 Å². The van der Waals surface area contributed by atoms with Crippen LogP contribution in [0.2, 0.25) is 0 Å². The first kappa shape index (κ1) is 28.9. The third kappa shape index (κ3) is 6.41. The van der Waals surface area contributed by atoms with Crippen LogP contribution >= 0.6 is 11.3 Å². The molecule has 0 saturated heterocycles. The Kier molecular flexibility index (Phi) is 8.77. The molecule has 0 unspecified atom stereocenters. The predicted octanol–water partition coefficient (Wildman–Crippen LogP) is 5.84. The van der Waals surface area contributed by atoms with Crippen molar-refractivity contribution in [3.05, 3.63) is 79.9 Å². The molecule has 212 valence electrons. The van der Waals surface area contributed by atoms with Gasteiger partial charge < -0.3 is 10.2 Å². The number of rotatable bonds is 12. The molecule has 41 heavy (non-hydrogen) atoms. The molecule has 0 atom stereocenters. The third-order valence-electron chi connectivity index (χ3n) is 6.28. The number of anilines is 2. The summed E-state index contributed by atoms with van der Waals surface area (Å²) in [6, 6.07) is 12.6. The van der Waals surface area contributed by atoms with E-state index in [9.17, 15) is 34.6 Å². The topological polar surface area (TPSA) is 181 Å². The standard InChI is InChI=1S/C26H25N7O7S/c1-3-30(12-6-7-13-31-25(35)18-8-4-5-9-19(18)26(31)36)17-10-11-20(21(14-17)27-16(2)34)28-29-24-22(32(37)38)15-23(41-24)33(39)40/h4-5,8-11,14-15H,3,6-7,12-13H2,1-2H3,(H,27,34)/b29-28+. The zero-order valence-corrected chi connectivity index (χ0v) is 22.9. The molecular formula is C26H25N7O7S. The Balaban J connectivity index is 1.45. The van der Waals surface area contributed by atoms with Crippen molar-refractivity contribution in [2.24, 2.45) is 10.2 Å². The van der Waals surface area contributed by atoms with E-state index in [1.165, 1.54) is 11.8 Å². The highest BCUT2D eigenvalue weighted by Gasteiger charge is 2.34. The number of benzene rings is 2. The van der Waals surface area contributed by atoms with Crippen molar-refractivity contribution < 1.29 is 24.2 Å². The summed E-state index contributed by atoms with van der Waals surface area (Å²) in [6.45, 7) is 4.80. The summed E-state index contributed by atoms with van der Waals surface area (Å²) in [5.41, 5.74) is 1.56. The Labute approximate surface area is 237 Å². The molecule has 0 bridgehead atoms. The zero-order chi connectivity index (χ0) is 29.7. The van der Waals surface area contributed by atoms with Gasteiger partial charge in [-0.1, -0.05) is 12.1 Å². The summed E-state index contributed by atoms with van der Waals surface area (Å²) in [4.78, 5) is 61.1. The molecule has 14 nitrogen and oxygen atoms in total. The number of fused-ring (bicyclic) bond motifs is 1. The van der Waals surface area contributed by atoms with Gasteiger partial charge in [0.1, 0.15) is 11.8 Å². The Bertz CT molecular complexity index is 1530. The van der Waals surface area contributed by atoms with E-state index < -0.39 is 20.5 Å². The van der Waals surface area contributed by atoms with Crippen molar-refractivity contribution in [3.8, 4) is 0 Å². The summed E-state index contributed by atoms with van der Waals surface area (Å²) in [7, 11) is 0. The highest BCUT2D eigenvalue weighted by atomic mass is 32.1. The third-order valence-corrected chi connectivity index (χ3v) is 7.24. The van der Waals surface area contributed by atoms with Crippen LogP contribution in [-0.2, 0) is 4.79 Å². The number of imide groups is 1. The molecule has 1 aromatic heterocycles. The molecule has 1 aliphatic heterocycles. The van der Waals surface area contributed by atoms with Crippen molar-refractivity contribution in [1.29, 1.82) is 0 Å². The van der Waals surface area contributed by atoms with E-state index in [1.54, 1.807) is 42.5 Å². The largest absolute Gasteiger partial charge is 0.372 e. The van der Waals surface area contributed by atoms with Crippen LogP contribution in [-0.4, -0.2) is 52.1 Å². The zero-order valence-electron chi connectivity index (χ0n) is 22.1. The van der Waals surface area contributed by atoms with Crippen LogP contribution in [0.5, 0.6) is 0 Å². The average molecular weight is 580 g/mol. The number of thiophene rings is 1. The first-order chi connectivity index (χ1) is 19.6. The second-order valence-electron chi connectivity index (χ2n) is 8.97. The number of nitrogens with zero attached hydrogens (tertiary/aromatic N) is 6. The van der Waals surface area contributed by atoms with Crippen LogP contribution in [0, 0.1) is 20.2 Å². The number of nitro groups is 2. The summed E-state index contributed by atoms with van der Waals surface area (Å²) in [5.74, 6) is -0.949. The van der Waals surface area contributed by atoms with Crippen LogP contribution in [0.4, 0.5) is 32.8 Å². The lowest BCUT2D eigenvalue weighted by molar-refractivity contribution is -0.389. The maximum absolute atomic E-state index is 12.6. The molecule has 0 saturated carbocycles. The maximum Gasteiger partial charge on any atom is 0.333 e. The van der Waals surface area contributed by atoms with Crippen molar-refractivity contribution >= 4 is 61.8 Å². The van der Waals surface area contributed by atoms with Gasteiger partial charge in [-0.05, 0) is 61.4 Å². The van der Waals surface area contributed by atoms with Gasteiger partial charge in [0, 0.05) is 32.2 Å². The first-order valence-corrected chi connectivity index (χ1v) is 13.4. The first-order valence-electron chi connectivity index (χ1n) is 12.6. The molecule has 2 aromatic carbocycles. The normalized spacial score (nSPS) is 12.6. The SMILES string of the molecule is CCN(CCCCN1C(=O)c2ccccc2C1=O)c1ccc(/N=N/c2sc([N+](=O)[O-])cc2[N+](=O)[O-])c(NC(C)=O)c1. The molecule has 3 amide bonds. The van der Waals surface area contributed by atoms with Gasteiger partial charge in [0.2, 0.25) is 10.9 Å². The van der Waals surface area contributed by atoms with Crippen LogP contribution < -0.4 is 10.2 Å². The van der Waals surface area contributed by atoms with Crippen LogP contribution in [0.15, 0.2) is 58.8 Å². The number of hydrogen-bond donors (Lipinski definition) is 1. The molecule has 2 heterocycles. The van der Waals surface area contributed by atoms with Crippen molar-refractivity contribution in [1.82, 2.24) is 4.90 Å². The highest BCUT2D eigenvalue weighted by Crippen LogP contribution is 2.42. The van der Waals surface area contributed by atoms with E-state index in [-0.39, 0.29) is 28.4 Å². The van der Waals surface area contributed by atoms with E-state index in [0.717, 1.165) is 11.8 Å². The quantitative estimate of drug-likeness (QED) is 0.0912. The number of carbonyl (C=O) groups excluding carboxylic acids is 3. The second-order valence-corrected chi connectivity index (χ2v) is 9.98. The fourth-order valence-corrected chi connectivity index (χ4v) is 5.10. The number of azo groups is 1. The van der Waals surface area contributed by atoms with E-state index in [2.05, 4.69) is 15.5 Å². The summed E-state index contributed by atoms with van der Waals surface area (Å²) < 4.78 is 0. The van der Waals surface area contributed by atoms with E-state index in [1.807, 2.05) is 11.8 Å². The van der Waals surface area contributed by atoms with Gasteiger partial charge in [-0.25, -0.2) is 0 Å². The van der Waals surface area contributed by atoms with Crippen molar-refractivity contribution in [2.45, 2.75) is 26.7 Å². The molecule has 3 aromatic rings. The van der Waals surface area contributed by atoms with Gasteiger partial charge in [0.05, 0.1) is 26.7 Å². The van der Waals surface area contributed by atoms with Crippen LogP contribution in [0.1, 0.15) is 47.4 Å². The van der Waals surface area contributed by atoms with Crippen molar-refractivity contribution in [2.75, 3.05) is 29.9 Å². The highest BCUT2D eigenvalue weighted by molar-refractivity contribution is 7.19. The van der Waals surface area contributed by atoms with Gasteiger partial charge in [-0.2, -0.15) is 0 Å². The van der Waals surface area contributed by atoms with Gasteiger partial charge in [-0.3, -0.25) is 39.5 Å². The minimum absolute atomic E-state index is 0.205. The lowest BCUT2D eigenvalue weighted by Crippen LogP contribution is -2.31. The predicted molar refractivity (Wildman–Crippen MR) is 151 cm³/mol. The lowest BCUT2D eigenvalue weighted by atomic mass is 10.1. The average Bonchev–Trinajstić information content (AvgIpc) is 3.48. The summed E-state index contributed by atoms with van der Waals surface area (Å²) in [6.07, 6.45) is 1.28. The molecule has 0 radical (unpaired) electrons. The van der Waals surface area contributed by atoms with Gasteiger partial charge in [0.25, 0.3) is 11.8 Å². The molecule has 0 aliphatic carbocycles. The molecular weight excluding hydrogens is 554 g/mol. The summed E-state index contributed by atoms with van der Waals surface area (Å²) in [5, 5.41) is 32.2. The summed E-state index contributed by atoms with van der Waals surface area (Å²) >= 11 is 0.521. The van der Waals surface area contributed by atoms with Gasteiger partial charge in [-0.15, -0.1) is 10.2 Å². The second kappa shape index (κ2) is 12.4. The maximum atomic E-state index is 12.6. The molecule has 0 fully saturated rings. The van der Waals surface area contributed by atoms with E-state index in [0.29, 0.717) is 60.6 Å². The Hall–Kier alpha value is -5.05. The molecule has 15 heteroatoms. The molecule has 0 spiro atoms. The number of nitrogens with one attached hydrogen (secondary N) is 1. The fraction of sp³-hybridized carbons (Fsp3) is 0.269. The molecule has 4 rings (SSSR count). The Morgan fingerprint density at radius 3 is 2.27 bits per heavy atom. The number of hydrogen-bond acceptors (Lipinski definition) is 11. The van der Waals surface area contributed by atoms with E-state index in [4.69, 9.17) is 0 Å². The van der Waals surface area contributed by atoms with Crippen LogP contribution in [0.25, 0.3) is 0 Å². The molecule has 1 aliphatic rings. The minimum atomic E-state index is -0.775. The molecule has 1 N–H and O–H groups in total. The van der Waals surface area contributed by atoms with E-state index >= 15 is 0 Å². The monoisotopic (exact) mass is 579 g/mol. The number of unbranched alkanes of at least 4 members (excludes halogenated alkanes) is 1. The lowest BCUT2D eigenvalue weighted by Gasteiger charge is -2.24. The fourth-order valence-electron chi connectivity index (χ4n) is 4.33.